The summed E-state index contributed by atoms with van der Waals surface area (Å²) in [6.07, 6.45) is 6.28. The number of anilines is 1. The Bertz CT molecular complexity index is 1890. The summed E-state index contributed by atoms with van der Waals surface area (Å²) in [6.45, 7) is 5.24. The second-order valence-electron chi connectivity index (χ2n) is 14.1. The van der Waals surface area contributed by atoms with E-state index in [0.717, 1.165) is 51.8 Å². The molecule has 1 saturated carbocycles. The van der Waals surface area contributed by atoms with Crippen molar-refractivity contribution in [2.24, 2.45) is 5.41 Å². The zero-order valence-electron chi connectivity index (χ0n) is 28.2. The number of rotatable bonds is 9. The van der Waals surface area contributed by atoms with Crippen molar-refractivity contribution in [3.05, 3.63) is 47.7 Å². The third-order valence-corrected chi connectivity index (χ3v) is 9.89. The monoisotopic (exact) mass is 660 g/mol. The van der Waals surface area contributed by atoms with Gasteiger partial charge in [-0.3, -0.25) is 4.98 Å². The minimum Gasteiger partial charge on any atom is -0.463 e. The Morgan fingerprint density at radius 2 is 1.88 bits per heavy atom. The molecule has 254 valence electrons. The van der Waals surface area contributed by atoms with Gasteiger partial charge in [-0.1, -0.05) is 13.0 Å². The Morgan fingerprint density at radius 3 is 2.54 bits per heavy atom. The third kappa shape index (κ3) is 6.00. The van der Waals surface area contributed by atoms with Crippen LogP contribution in [0.1, 0.15) is 44.6 Å². The fourth-order valence-corrected chi connectivity index (χ4v) is 7.19. The van der Waals surface area contributed by atoms with Crippen LogP contribution in [0.3, 0.4) is 0 Å². The lowest BCUT2D eigenvalue weighted by atomic mass is 9.86. The van der Waals surface area contributed by atoms with Crippen molar-refractivity contribution in [1.29, 1.82) is 0 Å². The van der Waals surface area contributed by atoms with Gasteiger partial charge in [0, 0.05) is 57.3 Å². The molecule has 12 heteroatoms. The first-order valence-electron chi connectivity index (χ1n) is 16.7. The second kappa shape index (κ2) is 12.4. The number of benzene rings is 2. The van der Waals surface area contributed by atoms with Gasteiger partial charge in [0.15, 0.2) is 5.82 Å². The lowest BCUT2D eigenvalue weighted by molar-refractivity contribution is -0.151. The van der Waals surface area contributed by atoms with E-state index in [2.05, 4.69) is 19.8 Å². The molecule has 1 spiro atoms. The van der Waals surface area contributed by atoms with Crippen LogP contribution in [0.25, 0.3) is 32.9 Å². The van der Waals surface area contributed by atoms with E-state index in [1.54, 1.807) is 38.5 Å². The number of aryl methyl sites for hydroxylation is 1. The molecule has 4 aromatic rings. The average molecular weight is 661 g/mol. The summed E-state index contributed by atoms with van der Waals surface area (Å²) in [5, 5.41) is 1.55. The van der Waals surface area contributed by atoms with Crippen LogP contribution in [0.15, 0.2) is 30.5 Å². The largest absolute Gasteiger partial charge is 0.463 e. The molecule has 3 fully saturated rings. The van der Waals surface area contributed by atoms with E-state index in [4.69, 9.17) is 19.2 Å². The van der Waals surface area contributed by atoms with Gasteiger partial charge in [-0.15, -0.1) is 0 Å². The molecule has 10 nitrogen and oxygen atoms in total. The van der Waals surface area contributed by atoms with E-state index >= 15 is 8.78 Å². The van der Waals surface area contributed by atoms with E-state index in [-0.39, 0.29) is 34.0 Å². The Kier molecular flexibility index (Phi) is 8.35. The van der Waals surface area contributed by atoms with Crippen molar-refractivity contribution in [3.63, 3.8) is 0 Å². The first-order valence-corrected chi connectivity index (χ1v) is 16.7. The fourth-order valence-electron chi connectivity index (χ4n) is 7.19. The lowest BCUT2D eigenvalue weighted by Crippen LogP contribution is -2.56. The molecule has 2 aromatic heterocycles. The van der Waals surface area contributed by atoms with Gasteiger partial charge in [-0.2, -0.15) is 9.97 Å². The quantitative estimate of drug-likeness (QED) is 0.207. The van der Waals surface area contributed by atoms with Crippen LogP contribution in [0.5, 0.6) is 11.8 Å². The average Bonchev–Trinajstić information content (AvgIpc) is 3.81. The Labute approximate surface area is 279 Å². The van der Waals surface area contributed by atoms with E-state index in [1.807, 2.05) is 21.0 Å². The van der Waals surface area contributed by atoms with Crippen LogP contribution in [0, 0.1) is 17.0 Å². The third-order valence-electron chi connectivity index (χ3n) is 9.89. The number of ether oxygens (including phenoxy) is 3. The summed E-state index contributed by atoms with van der Waals surface area (Å²) in [5.74, 6) is -0.354. The van der Waals surface area contributed by atoms with Gasteiger partial charge in [-0.25, -0.2) is 13.6 Å². The molecule has 1 atom stereocenters. The number of nitrogens with zero attached hydrogens (tertiary/aromatic N) is 6. The second-order valence-corrected chi connectivity index (χ2v) is 14.1. The summed E-state index contributed by atoms with van der Waals surface area (Å²) in [6, 6.07) is 6.27. The molecular weight excluding hydrogens is 618 g/mol. The molecule has 1 aliphatic carbocycles. The number of carbonyl (C=O) groups excluding carboxylic acids is 1. The standard InChI is InChI=1S/C36H42F2N6O4/c1-6-24-27(37)9-8-22-16-23(48-34(45)43(4)5)17-25(28(22)24)30-29(38)31-26(18-39-30)32(44-14-7-10-36(20-44)13-15-47-36)41-33(40-31)46-21-35(11-12-35)19-42(2)3/h8-9,16-18H,6-7,10-15,19-21H2,1-5H3/t36-/m0/s1. The Hall–Kier alpha value is -4.16. The summed E-state index contributed by atoms with van der Waals surface area (Å²) in [5.41, 5.74) is 0.533. The molecule has 0 N–H and O–H groups in total. The van der Waals surface area contributed by atoms with Crippen molar-refractivity contribution >= 4 is 33.6 Å². The maximum Gasteiger partial charge on any atom is 0.414 e. The molecule has 48 heavy (non-hydrogen) atoms. The molecule has 2 aliphatic heterocycles. The number of piperidine rings is 1. The van der Waals surface area contributed by atoms with Gasteiger partial charge < -0.3 is 28.9 Å². The Morgan fingerprint density at radius 1 is 1.08 bits per heavy atom. The van der Waals surface area contributed by atoms with E-state index < -0.39 is 17.7 Å². The molecule has 4 heterocycles. The van der Waals surface area contributed by atoms with Crippen molar-refractivity contribution in [3.8, 4) is 23.0 Å². The number of hydrogen-bond donors (Lipinski definition) is 0. The predicted molar refractivity (Wildman–Crippen MR) is 180 cm³/mol. The summed E-state index contributed by atoms with van der Waals surface area (Å²) in [7, 11) is 7.23. The highest BCUT2D eigenvalue weighted by molar-refractivity contribution is 6.02. The molecule has 1 amide bonds. The van der Waals surface area contributed by atoms with E-state index in [1.165, 1.54) is 11.0 Å². The number of carbonyl (C=O) groups is 1. The van der Waals surface area contributed by atoms with Crippen LogP contribution in [0.2, 0.25) is 0 Å². The van der Waals surface area contributed by atoms with Crippen LogP contribution in [0.4, 0.5) is 19.4 Å². The minimum absolute atomic E-state index is 0.0167. The summed E-state index contributed by atoms with van der Waals surface area (Å²) in [4.78, 5) is 32.2. The molecular formula is C36H42F2N6O4. The normalized spacial score (nSPS) is 20.0. The molecule has 0 bridgehead atoms. The maximum absolute atomic E-state index is 17.1. The number of fused-ring (bicyclic) bond motifs is 2. The van der Waals surface area contributed by atoms with Crippen molar-refractivity contribution in [2.45, 2.75) is 51.0 Å². The van der Waals surface area contributed by atoms with Gasteiger partial charge in [-0.05, 0) is 80.7 Å². The first-order chi connectivity index (χ1) is 23.0. The molecule has 0 radical (unpaired) electrons. The number of amides is 1. The summed E-state index contributed by atoms with van der Waals surface area (Å²) >= 11 is 0. The van der Waals surface area contributed by atoms with Crippen molar-refractivity contribution < 1.29 is 27.8 Å². The zero-order valence-corrected chi connectivity index (χ0v) is 28.2. The van der Waals surface area contributed by atoms with E-state index in [9.17, 15) is 4.79 Å². The summed E-state index contributed by atoms with van der Waals surface area (Å²) < 4.78 is 50.2. The van der Waals surface area contributed by atoms with Crippen LogP contribution < -0.4 is 14.4 Å². The molecule has 3 aliphatic rings. The lowest BCUT2D eigenvalue weighted by Gasteiger charge is -2.48. The Balaban J connectivity index is 1.38. The number of hydrogen-bond acceptors (Lipinski definition) is 9. The molecule has 7 rings (SSSR count). The molecule has 2 saturated heterocycles. The predicted octanol–water partition coefficient (Wildman–Crippen LogP) is 6.23. The minimum atomic E-state index is -0.689. The van der Waals surface area contributed by atoms with Crippen LogP contribution in [-0.4, -0.2) is 97.5 Å². The van der Waals surface area contributed by atoms with Crippen molar-refractivity contribution in [1.82, 2.24) is 24.8 Å². The highest BCUT2D eigenvalue weighted by Gasteiger charge is 2.45. The highest BCUT2D eigenvalue weighted by Crippen LogP contribution is 2.47. The van der Waals surface area contributed by atoms with Crippen LogP contribution in [-0.2, 0) is 11.2 Å². The van der Waals surface area contributed by atoms with Crippen LogP contribution >= 0.6 is 0 Å². The zero-order chi connectivity index (χ0) is 33.8. The van der Waals surface area contributed by atoms with Crippen molar-refractivity contribution in [2.75, 3.05) is 65.9 Å². The van der Waals surface area contributed by atoms with Gasteiger partial charge in [0.05, 0.1) is 24.2 Å². The topological polar surface area (TPSA) is 93.2 Å². The SMILES string of the molecule is CCc1c(F)ccc2cc(OC(=O)N(C)C)cc(-c3ncc4c(N5CCC[C@]6(CCO6)C5)nc(OCC5(CN(C)C)CC5)nc4c3F)c12. The van der Waals surface area contributed by atoms with Gasteiger partial charge in [0.2, 0.25) is 0 Å². The number of halogens is 2. The van der Waals surface area contributed by atoms with E-state index in [0.29, 0.717) is 52.7 Å². The van der Waals surface area contributed by atoms with Gasteiger partial charge in [0.1, 0.15) is 28.6 Å². The van der Waals surface area contributed by atoms with Gasteiger partial charge >= 0.3 is 12.1 Å². The molecule has 2 aromatic carbocycles. The number of pyridine rings is 1. The number of aromatic nitrogens is 3. The molecule has 0 unspecified atom stereocenters. The van der Waals surface area contributed by atoms with Gasteiger partial charge in [0.25, 0.3) is 0 Å². The first kappa shape index (κ1) is 32.4. The fraction of sp³-hybridized carbons (Fsp3) is 0.500. The maximum atomic E-state index is 17.1. The smallest absolute Gasteiger partial charge is 0.414 e. The highest BCUT2D eigenvalue weighted by atomic mass is 19.1.